The zero-order valence-corrected chi connectivity index (χ0v) is 10.2. The van der Waals surface area contributed by atoms with Crippen LogP contribution >= 0.6 is 11.6 Å². The summed E-state index contributed by atoms with van der Waals surface area (Å²) in [5, 5.41) is 10.5. The zero-order chi connectivity index (χ0) is 11.9. The maximum Gasteiger partial charge on any atom is 0.145 e. The molecule has 1 heterocycles. The van der Waals surface area contributed by atoms with Crippen molar-refractivity contribution >= 4 is 11.6 Å². The van der Waals surface area contributed by atoms with Crippen LogP contribution in [0.15, 0.2) is 18.2 Å². The summed E-state index contributed by atoms with van der Waals surface area (Å²) in [7, 11) is 0. The third-order valence-corrected chi connectivity index (χ3v) is 3.55. The highest BCUT2D eigenvalue weighted by molar-refractivity contribution is 6.32. The molecule has 0 unspecified atom stereocenters. The number of rotatable bonds is 4. The molecule has 1 aromatic carbocycles. The van der Waals surface area contributed by atoms with Crippen LogP contribution in [0.3, 0.4) is 0 Å². The summed E-state index contributed by atoms with van der Waals surface area (Å²) < 4.78 is 10.7. The second-order valence-electron chi connectivity index (χ2n) is 4.94. The Bertz CT molecular complexity index is 425. The molecule has 3 nitrogen and oxygen atoms in total. The van der Waals surface area contributed by atoms with Crippen molar-refractivity contribution in [2.75, 3.05) is 13.2 Å². The molecule has 1 aliphatic carbocycles. The van der Waals surface area contributed by atoms with E-state index in [1.807, 2.05) is 18.2 Å². The fourth-order valence-corrected chi connectivity index (χ4v) is 2.16. The van der Waals surface area contributed by atoms with Crippen LogP contribution in [0.2, 0.25) is 5.02 Å². The minimum atomic E-state index is -0.479. The van der Waals surface area contributed by atoms with Gasteiger partial charge in [0, 0.05) is 6.42 Å². The molecule has 1 saturated carbocycles. The Hall–Kier alpha value is -0.770. The van der Waals surface area contributed by atoms with E-state index in [-0.39, 0.29) is 6.10 Å². The Morgan fingerprint density at radius 3 is 2.71 bits per heavy atom. The number of ether oxygens (including phenoxy) is 2. The highest BCUT2D eigenvalue weighted by Gasteiger charge is 2.40. The molecule has 2 fully saturated rings. The summed E-state index contributed by atoms with van der Waals surface area (Å²) in [4.78, 5) is 0. The van der Waals surface area contributed by atoms with E-state index < -0.39 is 5.60 Å². The molecule has 0 atom stereocenters. The van der Waals surface area contributed by atoms with Crippen LogP contribution in [0.1, 0.15) is 18.4 Å². The standard InChI is InChI=1S/C13H15ClO3/c14-11-5-9(6-13(15)3-4-13)1-2-12(11)17-10-7-16-8-10/h1-2,5,10,15H,3-4,6-8H2. The average molecular weight is 255 g/mol. The van der Waals surface area contributed by atoms with E-state index >= 15 is 0 Å². The number of hydrogen-bond acceptors (Lipinski definition) is 3. The third kappa shape index (κ3) is 2.57. The highest BCUT2D eigenvalue weighted by Crippen LogP contribution is 2.39. The van der Waals surface area contributed by atoms with Crippen molar-refractivity contribution in [2.24, 2.45) is 0 Å². The van der Waals surface area contributed by atoms with Crippen molar-refractivity contribution in [1.82, 2.24) is 0 Å². The van der Waals surface area contributed by atoms with Gasteiger partial charge in [-0.05, 0) is 30.5 Å². The summed E-state index contributed by atoms with van der Waals surface area (Å²) >= 11 is 6.16. The molecule has 1 saturated heterocycles. The average Bonchev–Trinajstić information content (AvgIpc) is 2.92. The van der Waals surface area contributed by atoms with Crippen LogP contribution in [0.4, 0.5) is 0 Å². The molecule has 2 aliphatic rings. The maximum atomic E-state index is 9.84. The van der Waals surface area contributed by atoms with Gasteiger partial charge in [0.05, 0.1) is 23.8 Å². The first-order valence-electron chi connectivity index (χ1n) is 5.90. The lowest BCUT2D eigenvalue weighted by atomic mass is 10.1. The van der Waals surface area contributed by atoms with Gasteiger partial charge in [-0.3, -0.25) is 0 Å². The molecule has 1 aliphatic heterocycles. The van der Waals surface area contributed by atoms with Gasteiger partial charge < -0.3 is 14.6 Å². The minimum Gasteiger partial charge on any atom is -0.484 e. The SMILES string of the molecule is OC1(Cc2ccc(OC3COC3)c(Cl)c2)CC1. The van der Waals surface area contributed by atoms with E-state index in [1.54, 1.807) is 0 Å². The van der Waals surface area contributed by atoms with Gasteiger partial charge in [0.25, 0.3) is 0 Å². The zero-order valence-electron chi connectivity index (χ0n) is 9.49. The first kappa shape index (κ1) is 11.3. The lowest BCUT2D eigenvalue weighted by molar-refractivity contribution is -0.0796. The normalized spacial score (nSPS) is 22.0. The molecule has 1 N–H and O–H groups in total. The highest BCUT2D eigenvalue weighted by atomic mass is 35.5. The Morgan fingerprint density at radius 1 is 1.41 bits per heavy atom. The summed E-state index contributed by atoms with van der Waals surface area (Å²) in [6.07, 6.45) is 2.59. The summed E-state index contributed by atoms with van der Waals surface area (Å²) in [6.45, 7) is 1.27. The van der Waals surface area contributed by atoms with E-state index in [0.29, 0.717) is 30.4 Å². The molecule has 3 rings (SSSR count). The van der Waals surface area contributed by atoms with Crippen LogP contribution in [0.25, 0.3) is 0 Å². The van der Waals surface area contributed by atoms with Crippen molar-refractivity contribution in [3.63, 3.8) is 0 Å². The largest absolute Gasteiger partial charge is 0.484 e. The molecule has 0 amide bonds. The number of aliphatic hydroxyl groups is 1. The van der Waals surface area contributed by atoms with Gasteiger partial charge in [0.15, 0.2) is 0 Å². The molecule has 0 radical (unpaired) electrons. The minimum absolute atomic E-state index is 0.131. The van der Waals surface area contributed by atoms with Gasteiger partial charge in [-0.25, -0.2) is 0 Å². The van der Waals surface area contributed by atoms with Crippen molar-refractivity contribution in [1.29, 1.82) is 0 Å². The first-order valence-corrected chi connectivity index (χ1v) is 6.28. The topological polar surface area (TPSA) is 38.7 Å². The van der Waals surface area contributed by atoms with Crippen LogP contribution in [-0.4, -0.2) is 30.0 Å². The fourth-order valence-electron chi connectivity index (χ4n) is 1.91. The lowest BCUT2D eigenvalue weighted by Gasteiger charge is -2.27. The van der Waals surface area contributed by atoms with Crippen molar-refractivity contribution < 1.29 is 14.6 Å². The number of halogens is 1. The predicted molar refractivity (Wildman–Crippen MR) is 64.6 cm³/mol. The van der Waals surface area contributed by atoms with Crippen molar-refractivity contribution in [3.05, 3.63) is 28.8 Å². The third-order valence-electron chi connectivity index (χ3n) is 3.26. The molecule has 0 bridgehead atoms. The van der Waals surface area contributed by atoms with Crippen molar-refractivity contribution in [2.45, 2.75) is 31.0 Å². The van der Waals surface area contributed by atoms with Gasteiger partial charge in [-0.1, -0.05) is 17.7 Å². The first-order chi connectivity index (χ1) is 8.15. The van der Waals surface area contributed by atoms with Crippen LogP contribution < -0.4 is 4.74 Å². The van der Waals surface area contributed by atoms with E-state index in [4.69, 9.17) is 21.1 Å². The van der Waals surface area contributed by atoms with Crippen molar-refractivity contribution in [3.8, 4) is 5.75 Å². The van der Waals surface area contributed by atoms with Gasteiger partial charge in [-0.2, -0.15) is 0 Å². The van der Waals surface area contributed by atoms with Gasteiger partial charge in [0.1, 0.15) is 11.9 Å². The monoisotopic (exact) mass is 254 g/mol. The smallest absolute Gasteiger partial charge is 0.145 e. The Morgan fingerprint density at radius 2 is 2.18 bits per heavy atom. The summed E-state index contributed by atoms with van der Waals surface area (Å²) in [5.74, 6) is 0.700. The molecule has 17 heavy (non-hydrogen) atoms. The van der Waals surface area contributed by atoms with Gasteiger partial charge >= 0.3 is 0 Å². The second kappa shape index (κ2) is 4.16. The summed E-state index contributed by atoms with van der Waals surface area (Å²) in [5.41, 5.74) is 0.584. The molecule has 0 spiro atoms. The second-order valence-corrected chi connectivity index (χ2v) is 5.35. The molecule has 1 aromatic rings. The van der Waals surface area contributed by atoms with E-state index in [1.165, 1.54) is 0 Å². The number of hydrogen-bond donors (Lipinski definition) is 1. The number of benzene rings is 1. The molecule has 0 aromatic heterocycles. The summed E-state index contributed by atoms with van der Waals surface area (Å²) in [6, 6.07) is 5.73. The molecular formula is C13H15ClO3. The predicted octanol–water partition coefficient (Wildman–Crippen LogP) is 2.19. The molecular weight excluding hydrogens is 240 g/mol. The van der Waals surface area contributed by atoms with Gasteiger partial charge in [-0.15, -0.1) is 0 Å². The Kier molecular flexibility index (Phi) is 2.77. The van der Waals surface area contributed by atoms with E-state index in [9.17, 15) is 5.11 Å². The quantitative estimate of drug-likeness (QED) is 0.895. The molecule has 92 valence electrons. The van der Waals surface area contributed by atoms with Crippen LogP contribution in [0, 0.1) is 0 Å². The Balaban J connectivity index is 1.69. The molecule has 4 heteroatoms. The maximum absolute atomic E-state index is 9.84. The van der Waals surface area contributed by atoms with E-state index in [2.05, 4.69) is 0 Å². The van der Waals surface area contributed by atoms with Crippen LogP contribution in [0.5, 0.6) is 5.75 Å². The van der Waals surface area contributed by atoms with Gasteiger partial charge in [0.2, 0.25) is 0 Å². The lowest BCUT2D eigenvalue weighted by Crippen LogP contribution is -2.38. The van der Waals surface area contributed by atoms with E-state index in [0.717, 1.165) is 18.4 Å². The Labute approximate surface area is 105 Å². The van der Waals surface area contributed by atoms with Crippen LogP contribution in [-0.2, 0) is 11.2 Å². The fraction of sp³-hybridized carbons (Fsp3) is 0.538.